The summed E-state index contributed by atoms with van der Waals surface area (Å²) in [5.74, 6) is -2.24. The van der Waals surface area contributed by atoms with Gasteiger partial charge in [0.05, 0.1) is 29.7 Å². The van der Waals surface area contributed by atoms with Crippen molar-refractivity contribution >= 4 is 28.3 Å². The van der Waals surface area contributed by atoms with E-state index in [0.717, 1.165) is 17.7 Å². The molecule has 2 bridgehead atoms. The van der Waals surface area contributed by atoms with E-state index in [9.17, 15) is 14.7 Å². The highest BCUT2D eigenvalue weighted by atomic mass is 32.1. The maximum atomic E-state index is 12.7. The van der Waals surface area contributed by atoms with E-state index in [2.05, 4.69) is 36.3 Å². The van der Waals surface area contributed by atoms with Gasteiger partial charge < -0.3 is 15.2 Å². The minimum atomic E-state index is -0.965. The standard InChI is InChI=1S/C20H22N2O4S/c1-10(2)11-3-5-12(6-4-11)13-9-27-20(21-13)22-18(23)16-14-7-8-15(26-14)17(16)19(24)25/h3-6,9-10,14-17H,7-8H2,1-2H3,(H,24,25)(H,21,22,23)/t14-,15+,16-,17-/m0/s1. The second-order valence-electron chi connectivity index (χ2n) is 7.48. The Hall–Kier alpha value is -2.25. The minimum Gasteiger partial charge on any atom is -0.481 e. The maximum Gasteiger partial charge on any atom is 0.310 e. The molecule has 2 N–H and O–H groups in total. The molecule has 142 valence electrons. The topological polar surface area (TPSA) is 88.5 Å². The fourth-order valence-electron chi connectivity index (χ4n) is 4.02. The van der Waals surface area contributed by atoms with Crippen molar-refractivity contribution in [2.75, 3.05) is 5.32 Å². The molecule has 0 saturated carbocycles. The number of rotatable bonds is 5. The summed E-state index contributed by atoms with van der Waals surface area (Å²) in [6, 6.07) is 8.23. The first-order valence-electron chi connectivity index (χ1n) is 9.19. The first-order valence-corrected chi connectivity index (χ1v) is 10.1. The van der Waals surface area contributed by atoms with Gasteiger partial charge in [0.2, 0.25) is 5.91 Å². The van der Waals surface area contributed by atoms with Crippen molar-refractivity contribution in [3.63, 3.8) is 0 Å². The van der Waals surface area contributed by atoms with Crippen LogP contribution in [0, 0.1) is 11.8 Å². The highest BCUT2D eigenvalue weighted by Gasteiger charge is 2.55. The summed E-state index contributed by atoms with van der Waals surface area (Å²) in [5, 5.41) is 14.6. The van der Waals surface area contributed by atoms with Crippen molar-refractivity contribution < 1.29 is 19.4 Å². The van der Waals surface area contributed by atoms with E-state index in [1.807, 2.05) is 17.5 Å². The summed E-state index contributed by atoms with van der Waals surface area (Å²) in [5.41, 5.74) is 3.05. The van der Waals surface area contributed by atoms with Crippen LogP contribution in [-0.4, -0.2) is 34.2 Å². The van der Waals surface area contributed by atoms with Gasteiger partial charge in [0.25, 0.3) is 0 Å². The van der Waals surface area contributed by atoms with E-state index in [-0.39, 0.29) is 18.1 Å². The van der Waals surface area contributed by atoms with Crippen molar-refractivity contribution in [2.45, 2.75) is 44.8 Å². The highest BCUT2D eigenvalue weighted by Crippen LogP contribution is 2.44. The average Bonchev–Trinajstić information content (AvgIpc) is 3.37. The Balaban J connectivity index is 1.47. The van der Waals surface area contributed by atoms with Gasteiger partial charge in [0, 0.05) is 10.9 Å². The Morgan fingerprint density at radius 3 is 2.48 bits per heavy atom. The largest absolute Gasteiger partial charge is 0.481 e. The SMILES string of the molecule is CC(C)c1ccc(-c2csc(NC(=O)[C@@H]3[C@@H](C(=O)O)[C@H]4CC[C@@H]3O4)n2)cc1. The van der Waals surface area contributed by atoms with E-state index < -0.39 is 17.8 Å². The number of carboxylic acid groups (broad SMARTS) is 1. The molecule has 0 unspecified atom stereocenters. The molecule has 2 aliphatic rings. The van der Waals surface area contributed by atoms with E-state index in [0.29, 0.717) is 17.5 Å². The third kappa shape index (κ3) is 3.37. The molecule has 4 atom stereocenters. The average molecular weight is 386 g/mol. The number of thiazole rings is 1. The van der Waals surface area contributed by atoms with E-state index in [1.54, 1.807) is 0 Å². The number of benzene rings is 1. The molecule has 3 heterocycles. The van der Waals surface area contributed by atoms with Crippen LogP contribution < -0.4 is 5.32 Å². The summed E-state index contributed by atoms with van der Waals surface area (Å²) in [7, 11) is 0. The molecule has 6 nitrogen and oxygen atoms in total. The Bertz CT molecular complexity index is 861. The highest BCUT2D eigenvalue weighted by molar-refractivity contribution is 7.14. The molecule has 1 amide bonds. The molecule has 7 heteroatoms. The predicted molar refractivity (Wildman–Crippen MR) is 103 cm³/mol. The summed E-state index contributed by atoms with van der Waals surface area (Å²) in [6.45, 7) is 4.30. The Labute approximate surface area is 161 Å². The number of aromatic nitrogens is 1. The molecule has 4 rings (SSSR count). The smallest absolute Gasteiger partial charge is 0.310 e. The molecule has 2 fully saturated rings. The van der Waals surface area contributed by atoms with Gasteiger partial charge in [-0.15, -0.1) is 11.3 Å². The van der Waals surface area contributed by atoms with Gasteiger partial charge >= 0.3 is 5.97 Å². The van der Waals surface area contributed by atoms with Gasteiger partial charge in [-0.2, -0.15) is 0 Å². The van der Waals surface area contributed by atoms with Crippen LogP contribution in [-0.2, 0) is 14.3 Å². The lowest BCUT2D eigenvalue weighted by atomic mass is 9.79. The van der Waals surface area contributed by atoms with Crippen LogP contribution in [0.3, 0.4) is 0 Å². The molecule has 27 heavy (non-hydrogen) atoms. The Morgan fingerprint density at radius 2 is 1.85 bits per heavy atom. The molecule has 2 saturated heterocycles. The molecule has 2 aromatic rings. The summed E-state index contributed by atoms with van der Waals surface area (Å²) in [4.78, 5) is 28.7. The van der Waals surface area contributed by atoms with Gasteiger partial charge in [-0.1, -0.05) is 38.1 Å². The zero-order valence-electron chi connectivity index (χ0n) is 15.2. The number of carbonyl (C=O) groups excluding carboxylic acids is 1. The molecule has 1 aromatic heterocycles. The molecule has 1 aromatic carbocycles. The van der Waals surface area contributed by atoms with Crippen LogP contribution in [0.2, 0.25) is 0 Å². The van der Waals surface area contributed by atoms with Gasteiger partial charge in [0.15, 0.2) is 5.13 Å². The summed E-state index contributed by atoms with van der Waals surface area (Å²) in [6.07, 6.45) is 0.783. The Kier molecular flexibility index (Phi) is 4.74. The lowest BCUT2D eigenvalue weighted by Gasteiger charge is -2.23. The van der Waals surface area contributed by atoms with Crippen molar-refractivity contribution in [3.8, 4) is 11.3 Å². The molecule has 2 aliphatic heterocycles. The predicted octanol–water partition coefficient (Wildman–Crippen LogP) is 3.75. The number of carboxylic acids is 1. The van der Waals surface area contributed by atoms with Gasteiger partial charge in [-0.25, -0.2) is 4.98 Å². The van der Waals surface area contributed by atoms with Crippen molar-refractivity contribution in [3.05, 3.63) is 35.2 Å². The number of nitrogens with one attached hydrogen (secondary N) is 1. The van der Waals surface area contributed by atoms with Crippen LogP contribution in [0.5, 0.6) is 0 Å². The first kappa shape index (κ1) is 18.1. The van der Waals surface area contributed by atoms with Crippen molar-refractivity contribution in [2.24, 2.45) is 11.8 Å². The monoisotopic (exact) mass is 386 g/mol. The van der Waals surface area contributed by atoms with Crippen LogP contribution in [0.15, 0.2) is 29.6 Å². The summed E-state index contributed by atoms with van der Waals surface area (Å²) < 4.78 is 5.66. The van der Waals surface area contributed by atoms with Gasteiger partial charge in [-0.3, -0.25) is 9.59 Å². The van der Waals surface area contributed by atoms with Crippen LogP contribution in [0.1, 0.15) is 38.2 Å². The number of hydrogen-bond acceptors (Lipinski definition) is 5. The molecule has 0 aliphatic carbocycles. The van der Waals surface area contributed by atoms with Gasteiger partial charge in [0.1, 0.15) is 0 Å². The fourth-order valence-corrected chi connectivity index (χ4v) is 4.74. The van der Waals surface area contributed by atoms with E-state index >= 15 is 0 Å². The number of aliphatic carboxylic acids is 1. The lowest BCUT2D eigenvalue weighted by molar-refractivity contribution is -0.147. The third-order valence-corrected chi connectivity index (χ3v) is 6.23. The Morgan fingerprint density at radius 1 is 1.19 bits per heavy atom. The fraction of sp³-hybridized carbons (Fsp3) is 0.450. The molecular weight excluding hydrogens is 364 g/mol. The second-order valence-corrected chi connectivity index (χ2v) is 8.34. The number of anilines is 1. The normalized spacial score (nSPS) is 26.5. The minimum absolute atomic E-state index is 0.306. The number of amides is 1. The van der Waals surface area contributed by atoms with Crippen molar-refractivity contribution in [1.82, 2.24) is 4.98 Å². The van der Waals surface area contributed by atoms with E-state index in [1.165, 1.54) is 16.9 Å². The number of carbonyl (C=O) groups is 2. The second kappa shape index (κ2) is 7.05. The molecule has 0 radical (unpaired) electrons. The van der Waals surface area contributed by atoms with Crippen molar-refractivity contribution in [1.29, 1.82) is 0 Å². The zero-order chi connectivity index (χ0) is 19.1. The molecule has 0 spiro atoms. The van der Waals surface area contributed by atoms with Crippen LogP contribution in [0.25, 0.3) is 11.3 Å². The quantitative estimate of drug-likeness (QED) is 0.817. The molecular formula is C20H22N2O4S. The third-order valence-electron chi connectivity index (χ3n) is 5.47. The summed E-state index contributed by atoms with van der Waals surface area (Å²) >= 11 is 1.34. The number of ether oxygens (including phenoxy) is 1. The van der Waals surface area contributed by atoms with Crippen LogP contribution >= 0.6 is 11.3 Å². The number of fused-ring (bicyclic) bond motifs is 2. The maximum absolute atomic E-state index is 12.7. The number of nitrogens with zero attached hydrogens (tertiary/aromatic N) is 1. The van der Waals surface area contributed by atoms with Gasteiger partial charge in [-0.05, 0) is 24.3 Å². The lowest BCUT2D eigenvalue weighted by Crippen LogP contribution is -2.40. The first-order chi connectivity index (χ1) is 12.9. The van der Waals surface area contributed by atoms with Crippen LogP contribution in [0.4, 0.5) is 5.13 Å². The zero-order valence-corrected chi connectivity index (χ0v) is 16.0. The number of hydrogen-bond donors (Lipinski definition) is 2. The van der Waals surface area contributed by atoms with E-state index in [4.69, 9.17) is 4.74 Å².